The van der Waals surface area contributed by atoms with Crippen LogP contribution in [0.1, 0.15) is 10.5 Å². The number of likely N-dealkylation sites (N-methyl/N-ethyl adjacent to an activating group) is 1. The number of rotatable bonds is 4. The molecular weight excluding hydrogens is 458 g/mol. The molecule has 1 atom stereocenters. The topological polar surface area (TPSA) is 93.7 Å². The Morgan fingerprint density at radius 2 is 1.89 bits per heavy atom. The van der Waals surface area contributed by atoms with Crippen molar-refractivity contribution in [3.05, 3.63) is 84.3 Å². The molecule has 2 amide bonds. The molecule has 10 heteroatoms. The molecule has 0 saturated carbocycles. The first-order valence-corrected chi connectivity index (χ1v) is 10.6. The summed E-state index contributed by atoms with van der Waals surface area (Å²) in [7, 11) is 1.59. The highest BCUT2D eigenvalue weighted by Crippen LogP contribution is 2.37. The first-order valence-electron chi connectivity index (χ1n) is 10.6. The lowest BCUT2D eigenvalue weighted by atomic mass is 10.1. The van der Waals surface area contributed by atoms with Crippen LogP contribution in [0.2, 0.25) is 0 Å². The van der Waals surface area contributed by atoms with Gasteiger partial charge >= 0.3 is 0 Å². The van der Waals surface area contributed by atoms with Crippen molar-refractivity contribution >= 4 is 28.4 Å². The highest BCUT2D eigenvalue weighted by atomic mass is 19.1. The normalized spacial score (nSPS) is 15.2. The minimum Gasteiger partial charge on any atom is -0.489 e. The van der Waals surface area contributed by atoms with E-state index in [2.05, 4.69) is 15.3 Å². The quantitative estimate of drug-likeness (QED) is 0.481. The van der Waals surface area contributed by atoms with Crippen LogP contribution < -0.4 is 19.7 Å². The van der Waals surface area contributed by atoms with Crippen LogP contribution in [0.3, 0.4) is 0 Å². The minimum absolute atomic E-state index is 0.00101. The molecule has 0 saturated heterocycles. The summed E-state index contributed by atoms with van der Waals surface area (Å²) in [6.45, 7) is -0.107. The second-order valence-corrected chi connectivity index (χ2v) is 7.75. The van der Waals surface area contributed by atoms with Gasteiger partial charge in [-0.2, -0.15) is 0 Å². The number of aromatic nitrogens is 2. The predicted molar refractivity (Wildman–Crippen MR) is 123 cm³/mol. The Morgan fingerprint density at radius 1 is 1.09 bits per heavy atom. The number of ether oxygens (including phenoxy) is 2. The van der Waals surface area contributed by atoms with Crippen molar-refractivity contribution in [1.29, 1.82) is 0 Å². The molecule has 1 aliphatic heterocycles. The maximum Gasteiger partial charge on any atom is 0.270 e. The first-order chi connectivity index (χ1) is 16.9. The molecule has 1 N–H and O–H groups in total. The fraction of sp³-hybridized carbons (Fsp3) is 0.120. The third-order valence-electron chi connectivity index (χ3n) is 5.50. The summed E-state index contributed by atoms with van der Waals surface area (Å²) in [6.07, 6.45) is 2.91. The lowest BCUT2D eigenvalue weighted by Crippen LogP contribution is -2.49. The molecule has 2 aromatic heterocycles. The number of carbonyl (C=O) groups excluding carboxylic acids is 2. The molecule has 8 nitrogen and oxygen atoms in total. The molecule has 2 aromatic carbocycles. The largest absolute Gasteiger partial charge is 0.489 e. The van der Waals surface area contributed by atoms with Crippen LogP contribution in [0.25, 0.3) is 10.9 Å². The van der Waals surface area contributed by atoms with Crippen molar-refractivity contribution in [2.45, 2.75) is 6.04 Å². The van der Waals surface area contributed by atoms with Gasteiger partial charge in [0.25, 0.3) is 11.8 Å². The third kappa shape index (κ3) is 4.21. The molecule has 35 heavy (non-hydrogen) atoms. The van der Waals surface area contributed by atoms with E-state index < -0.39 is 35.2 Å². The van der Waals surface area contributed by atoms with Gasteiger partial charge in [0.2, 0.25) is 0 Å². The van der Waals surface area contributed by atoms with E-state index in [1.807, 2.05) is 6.07 Å². The van der Waals surface area contributed by atoms with Gasteiger partial charge in [0, 0.05) is 30.9 Å². The van der Waals surface area contributed by atoms with Gasteiger partial charge in [0.15, 0.2) is 17.4 Å². The molecule has 0 fully saturated rings. The second-order valence-electron chi connectivity index (χ2n) is 7.75. The Labute approximate surface area is 198 Å². The zero-order valence-corrected chi connectivity index (χ0v) is 18.4. The van der Waals surface area contributed by atoms with E-state index in [0.717, 1.165) is 17.5 Å². The van der Waals surface area contributed by atoms with Crippen LogP contribution in [0.4, 0.5) is 14.5 Å². The van der Waals surface area contributed by atoms with E-state index in [0.29, 0.717) is 17.0 Å². The van der Waals surface area contributed by atoms with Crippen LogP contribution in [0.15, 0.2) is 67.0 Å². The van der Waals surface area contributed by atoms with Crippen LogP contribution >= 0.6 is 0 Å². The Morgan fingerprint density at radius 3 is 2.69 bits per heavy atom. The SMILES string of the molecule is CN1C(=O)C(NC(=O)c2cc(Oc3c(F)cccc3F)ccn2)COc2ccc3ncccc3c21. The molecule has 0 spiro atoms. The predicted octanol–water partition coefficient (Wildman–Crippen LogP) is 3.85. The van der Waals surface area contributed by atoms with E-state index in [1.54, 1.807) is 31.4 Å². The number of benzene rings is 2. The van der Waals surface area contributed by atoms with Crippen LogP contribution in [0.5, 0.6) is 17.2 Å². The first kappa shape index (κ1) is 22.2. The summed E-state index contributed by atoms with van der Waals surface area (Å²) < 4.78 is 39.0. The minimum atomic E-state index is -1.01. The van der Waals surface area contributed by atoms with Gasteiger partial charge < -0.3 is 19.7 Å². The number of hydrogen-bond acceptors (Lipinski definition) is 6. The number of pyridine rings is 2. The highest BCUT2D eigenvalue weighted by molar-refractivity contribution is 6.08. The zero-order chi connectivity index (χ0) is 24.5. The fourth-order valence-corrected chi connectivity index (χ4v) is 3.80. The molecular formula is C25H18F2N4O4. The summed E-state index contributed by atoms with van der Waals surface area (Å²) in [5, 5.41) is 3.35. The van der Waals surface area contributed by atoms with Gasteiger partial charge in [-0.25, -0.2) is 8.78 Å². The number of halogens is 2. The third-order valence-corrected chi connectivity index (χ3v) is 5.50. The molecule has 5 rings (SSSR count). The molecule has 0 radical (unpaired) electrons. The average Bonchev–Trinajstić information content (AvgIpc) is 2.98. The van der Waals surface area contributed by atoms with Gasteiger partial charge in [-0.05, 0) is 42.5 Å². The van der Waals surface area contributed by atoms with Crippen molar-refractivity contribution in [3.8, 4) is 17.2 Å². The maximum atomic E-state index is 13.9. The number of fused-ring (bicyclic) bond motifs is 3. The Bertz CT molecular complexity index is 1440. The summed E-state index contributed by atoms with van der Waals surface area (Å²) in [6, 6.07) is 12.0. The van der Waals surface area contributed by atoms with Crippen molar-refractivity contribution in [1.82, 2.24) is 15.3 Å². The molecule has 4 aromatic rings. The lowest BCUT2D eigenvalue weighted by molar-refractivity contribution is -0.120. The number of para-hydroxylation sites is 1. The smallest absolute Gasteiger partial charge is 0.270 e. The van der Waals surface area contributed by atoms with E-state index in [9.17, 15) is 18.4 Å². The van der Waals surface area contributed by atoms with Gasteiger partial charge in [-0.1, -0.05) is 6.07 Å². The number of hydrogen-bond donors (Lipinski definition) is 1. The summed E-state index contributed by atoms with van der Waals surface area (Å²) >= 11 is 0. The van der Waals surface area contributed by atoms with E-state index >= 15 is 0 Å². The van der Waals surface area contributed by atoms with Gasteiger partial charge in [-0.15, -0.1) is 0 Å². The Kier molecular flexibility index (Phi) is 5.69. The molecule has 1 unspecified atom stereocenters. The number of anilines is 1. The maximum absolute atomic E-state index is 13.9. The van der Waals surface area contributed by atoms with Crippen LogP contribution in [0, 0.1) is 11.6 Å². The van der Waals surface area contributed by atoms with Crippen molar-refractivity contribution < 1.29 is 27.8 Å². The summed E-state index contributed by atoms with van der Waals surface area (Å²) in [5.74, 6) is -2.97. The van der Waals surface area contributed by atoms with E-state index in [1.165, 1.54) is 29.3 Å². The molecule has 0 aliphatic carbocycles. The zero-order valence-electron chi connectivity index (χ0n) is 18.4. The Balaban J connectivity index is 1.36. The number of nitrogens with zero attached hydrogens (tertiary/aromatic N) is 3. The monoisotopic (exact) mass is 476 g/mol. The Hall–Kier alpha value is -4.60. The number of carbonyl (C=O) groups is 2. The van der Waals surface area contributed by atoms with Gasteiger partial charge in [-0.3, -0.25) is 19.6 Å². The van der Waals surface area contributed by atoms with Crippen molar-refractivity contribution in [3.63, 3.8) is 0 Å². The van der Waals surface area contributed by atoms with E-state index in [4.69, 9.17) is 9.47 Å². The van der Waals surface area contributed by atoms with Gasteiger partial charge in [0.05, 0.1) is 11.2 Å². The van der Waals surface area contributed by atoms with Crippen molar-refractivity contribution in [2.24, 2.45) is 0 Å². The standard InChI is InChI=1S/C25H18F2N4O4/c1-31-22-15-4-3-10-28-18(15)7-8-21(22)34-13-20(25(31)33)30-24(32)19-12-14(9-11-29-19)35-23-16(26)5-2-6-17(23)27/h2-12,20H,13H2,1H3,(H,30,32). The highest BCUT2D eigenvalue weighted by Gasteiger charge is 2.32. The number of amides is 2. The molecule has 3 heterocycles. The second kappa shape index (κ2) is 8.98. The van der Waals surface area contributed by atoms with Crippen molar-refractivity contribution in [2.75, 3.05) is 18.6 Å². The lowest BCUT2D eigenvalue weighted by Gasteiger charge is -2.21. The number of nitrogens with one attached hydrogen (secondary N) is 1. The van der Waals surface area contributed by atoms with Crippen LogP contribution in [-0.4, -0.2) is 41.5 Å². The molecule has 0 bridgehead atoms. The van der Waals surface area contributed by atoms with Gasteiger partial charge in [0.1, 0.15) is 29.8 Å². The molecule has 176 valence electrons. The fourth-order valence-electron chi connectivity index (χ4n) is 3.80. The van der Waals surface area contributed by atoms with Crippen LogP contribution in [-0.2, 0) is 4.79 Å². The summed E-state index contributed by atoms with van der Waals surface area (Å²) in [5.41, 5.74) is 1.15. The molecule has 1 aliphatic rings. The van der Waals surface area contributed by atoms with E-state index in [-0.39, 0.29) is 18.1 Å². The summed E-state index contributed by atoms with van der Waals surface area (Å²) in [4.78, 5) is 35.8. The average molecular weight is 476 g/mol.